The molecule has 0 aromatic carbocycles. The number of aliphatic hydroxyl groups excluding tert-OH is 2. The van der Waals surface area contributed by atoms with E-state index in [2.05, 4.69) is 20.0 Å². The van der Waals surface area contributed by atoms with Crippen LogP contribution in [-0.2, 0) is 4.74 Å². The van der Waals surface area contributed by atoms with Gasteiger partial charge in [0.2, 0.25) is 0 Å². The van der Waals surface area contributed by atoms with Crippen molar-refractivity contribution < 1.29 is 14.9 Å². The molecule has 17 heavy (non-hydrogen) atoms. The molecule has 3 nitrogen and oxygen atoms in total. The fraction of sp³-hybridized carbons (Fsp3) is 1.00. The van der Waals surface area contributed by atoms with Gasteiger partial charge in [0.1, 0.15) is 6.10 Å². The van der Waals surface area contributed by atoms with Gasteiger partial charge in [-0.2, -0.15) is 0 Å². The molecule has 0 saturated carbocycles. The summed E-state index contributed by atoms with van der Waals surface area (Å²) >= 11 is 0. The SMILES string of the molecule is CCCCC(O)C(O)C(OC(C)(C)C)[SiH](C)C. The van der Waals surface area contributed by atoms with E-state index in [0.29, 0.717) is 6.42 Å². The van der Waals surface area contributed by atoms with E-state index in [9.17, 15) is 10.2 Å². The lowest BCUT2D eigenvalue weighted by Crippen LogP contribution is -2.49. The van der Waals surface area contributed by atoms with Gasteiger partial charge in [-0.25, -0.2) is 0 Å². The van der Waals surface area contributed by atoms with E-state index in [0.717, 1.165) is 12.8 Å². The van der Waals surface area contributed by atoms with E-state index >= 15 is 0 Å². The van der Waals surface area contributed by atoms with Crippen LogP contribution < -0.4 is 0 Å². The first-order chi connectivity index (χ1) is 7.69. The van der Waals surface area contributed by atoms with Crippen molar-refractivity contribution in [3.05, 3.63) is 0 Å². The summed E-state index contributed by atoms with van der Waals surface area (Å²) in [5.41, 5.74) is -0.449. The standard InChI is InChI=1S/C13H30O3Si/c1-7-8-9-10(14)11(15)12(17(5)6)16-13(2,3)4/h10-12,14-15,17H,7-9H2,1-6H3. The molecule has 0 aliphatic heterocycles. The molecular formula is C13H30O3Si. The van der Waals surface area contributed by atoms with Crippen molar-refractivity contribution in [2.75, 3.05) is 0 Å². The molecule has 0 aromatic heterocycles. The summed E-state index contributed by atoms with van der Waals surface area (Å²) in [6, 6.07) is 0. The van der Waals surface area contributed by atoms with E-state index in [-0.39, 0.29) is 11.3 Å². The van der Waals surface area contributed by atoms with Crippen molar-refractivity contribution in [2.45, 2.75) is 83.6 Å². The minimum atomic E-state index is -1.17. The Hall–Kier alpha value is 0.0969. The summed E-state index contributed by atoms with van der Waals surface area (Å²) in [5.74, 6) is 0. The minimum Gasteiger partial charge on any atom is -0.390 e. The molecule has 0 heterocycles. The summed E-state index contributed by atoms with van der Waals surface area (Å²) in [4.78, 5) is 0. The van der Waals surface area contributed by atoms with Crippen molar-refractivity contribution in [1.29, 1.82) is 0 Å². The smallest absolute Gasteiger partial charge is 0.103 e. The second kappa shape index (κ2) is 7.51. The molecule has 0 rings (SSSR count). The number of unbranched alkanes of at least 4 members (excludes halogenated alkanes) is 1. The predicted octanol–water partition coefficient (Wildman–Crippen LogP) is 2.11. The highest BCUT2D eigenvalue weighted by molar-refractivity contribution is 6.57. The largest absolute Gasteiger partial charge is 0.390 e. The van der Waals surface area contributed by atoms with Crippen molar-refractivity contribution in [1.82, 2.24) is 0 Å². The Morgan fingerprint density at radius 1 is 1.18 bits per heavy atom. The monoisotopic (exact) mass is 262 g/mol. The molecule has 0 fully saturated rings. The highest BCUT2D eigenvalue weighted by Gasteiger charge is 2.32. The fourth-order valence-corrected chi connectivity index (χ4v) is 3.54. The van der Waals surface area contributed by atoms with Gasteiger partial charge in [-0.3, -0.25) is 0 Å². The van der Waals surface area contributed by atoms with Crippen molar-refractivity contribution in [3.8, 4) is 0 Å². The number of ether oxygens (including phenoxy) is 1. The summed E-state index contributed by atoms with van der Waals surface area (Å²) in [6.07, 6.45) is 1.24. The molecule has 0 aliphatic carbocycles. The van der Waals surface area contributed by atoms with Crippen molar-refractivity contribution in [2.24, 2.45) is 0 Å². The van der Waals surface area contributed by atoms with Gasteiger partial charge in [0.15, 0.2) is 0 Å². The van der Waals surface area contributed by atoms with Crippen LogP contribution in [-0.4, -0.2) is 42.5 Å². The van der Waals surface area contributed by atoms with Gasteiger partial charge in [-0.1, -0.05) is 32.9 Å². The van der Waals surface area contributed by atoms with Crippen LogP contribution in [0.15, 0.2) is 0 Å². The molecule has 3 atom stereocenters. The molecule has 3 unspecified atom stereocenters. The van der Waals surface area contributed by atoms with Crippen LogP contribution >= 0.6 is 0 Å². The lowest BCUT2D eigenvalue weighted by molar-refractivity contribution is -0.109. The number of rotatable bonds is 7. The predicted molar refractivity (Wildman–Crippen MR) is 75.0 cm³/mol. The lowest BCUT2D eigenvalue weighted by Gasteiger charge is -2.35. The highest BCUT2D eigenvalue weighted by Crippen LogP contribution is 2.19. The van der Waals surface area contributed by atoms with E-state index in [4.69, 9.17) is 4.74 Å². The Kier molecular flexibility index (Phi) is 7.56. The second-order valence-electron chi connectivity index (χ2n) is 6.14. The molecule has 4 heteroatoms. The van der Waals surface area contributed by atoms with E-state index in [1.54, 1.807) is 0 Å². The van der Waals surface area contributed by atoms with Crippen molar-refractivity contribution >= 4 is 8.80 Å². The average Bonchev–Trinajstić information content (AvgIpc) is 2.19. The van der Waals surface area contributed by atoms with Gasteiger partial charge in [-0.05, 0) is 27.2 Å². The quantitative estimate of drug-likeness (QED) is 0.691. The van der Waals surface area contributed by atoms with Crippen LogP contribution in [0, 0.1) is 0 Å². The van der Waals surface area contributed by atoms with Gasteiger partial charge in [0, 0.05) is 0 Å². The number of aliphatic hydroxyl groups is 2. The molecule has 104 valence electrons. The zero-order chi connectivity index (χ0) is 13.6. The van der Waals surface area contributed by atoms with Gasteiger partial charge >= 0.3 is 0 Å². The van der Waals surface area contributed by atoms with Crippen LogP contribution in [0.25, 0.3) is 0 Å². The molecule has 0 spiro atoms. The van der Waals surface area contributed by atoms with E-state index < -0.39 is 21.0 Å². The number of hydrogen-bond donors (Lipinski definition) is 2. The Morgan fingerprint density at radius 3 is 2.06 bits per heavy atom. The molecule has 0 bridgehead atoms. The normalized spacial score (nSPS) is 18.2. The Balaban J connectivity index is 4.48. The first-order valence-corrected chi connectivity index (χ1v) is 9.70. The van der Waals surface area contributed by atoms with E-state index in [1.807, 2.05) is 20.8 Å². The zero-order valence-corrected chi connectivity index (χ0v) is 13.4. The molecule has 0 aliphatic rings. The molecule has 0 radical (unpaired) electrons. The van der Waals surface area contributed by atoms with Crippen LogP contribution in [0.4, 0.5) is 0 Å². The van der Waals surface area contributed by atoms with Crippen LogP contribution in [0.2, 0.25) is 13.1 Å². The van der Waals surface area contributed by atoms with Gasteiger partial charge < -0.3 is 14.9 Å². The summed E-state index contributed by atoms with van der Waals surface area (Å²) in [6.45, 7) is 12.3. The number of hydrogen-bond acceptors (Lipinski definition) is 3. The minimum absolute atomic E-state index is 0.179. The first kappa shape index (κ1) is 17.1. The third-order valence-electron chi connectivity index (χ3n) is 2.73. The Bertz CT molecular complexity index is 201. The zero-order valence-electron chi connectivity index (χ0n) is 12.2. The van der Waals surface area contributed by atoms with Crippen LogP contribution in [0.3, 0.4) is 0 Å². The van der Waals surface area contributed by atoms with Crippen LogP contribution in [0.5, 0.6) is 0 Å². The maximum atomic E-state index is 10.2. The summed E-state index contributed by atoms with van der Waals surface area (Å²) in [7, 11) is -1.17. The fourth-order valence-electron chi connectivity index (χ4n) is 1.81. The maximum Gasteiger partial charge on any atom is 0.103 e. The average molecular weight is 262 g/mol. The first-order valence-electron chi connectivity index (χ1n) is 6.73. The second-order valence-corrected chi connectivity index (χ2v) is 9.28. The van der Waals surface area contributed by atoms with Gasteiger partial charge in [0.05, 0.1) is 26.2 Å². The third-order valence-corrected chi connectivity index (χ3v) is 4.58. The molecule has 2 N–H and O–H groups in total. The lowest BCUT2D eigenvalue weighted by atomic mass is 10.1. The summed E-state index contributed by atoms with van der Waals surface area (Å²) in [5, 5.41) is 20.2. The highest BCUT2D eigenvalue weighted by atomic mass is 28.3. The van der Waals surface area contributed by atoms with E-state index in [1.165, 1.54) is 0 Å². The molecular weight excluding hydrogens is 232 g/mol. The molecule has 0 amide bonds. The molecule has 0 saturated heterocycles. The summed E-state index contributed by atoms with van der Waals surface area (Å²) < 4.78 is 5.91. The van der Waals surface area contributed by atoms with Gasteiger partial charge in [-0.15, -0.1) is 0 Å². The third kappa shape index (κ3) is 7.19. The Labute approximate surface area is 108 Å². The van der Waals surface area contributed by atoms with Crippen LogP contribution in [0.1, 0.15) is 47.0 Å². The molecule has 0 aromatic rings. The maximum absolute atomic E-state index is 10.2. The topological polar surface area (TPSA) is 49.7 Å². The van der Waals surface area contributed by atoms with Crippen molar-refractivity contribution in [3.63, 3.8) is 0 Å². The Morgan fingerprint density at radius 2 is 1.71 bits per heavy atom. The van der Waals surface area contributed by atoms with Gasteiger partial charge in [0.25, 0.3) is 0 Å².